The molecular weight excluding hydrogens is 471 g/mol. The molecule has 1 heterocycles. The third-order valence-electron chi connectivity index (χ3n) is 3.74. The van der Waals surface area contributed by atoms with Gasteiger partial charge in [0.1, 0.15) is 12.4 Å². The first-order chi connectivity index (χ1) is 10.7. The molecule has 0 unspecified atom stereocenters. The maximum Gasteiger partial charge on any atom is 0.189 e. The minimum absolute atomic E-state index is 0. The molecule has 6 nitrogen and oxygen atoms in total. The lowest BCUT2D eigenvalue weighted by atomic mass is 10.2. The number of aromatic amines is 1. The van der Waals surface area contributed by atoms with Gasteiger partial charge in [-0.25, -0.2) is 9.98 Å². The Morgan fingerprint density at radius 3 is 2.70 bits per heavy atom. The van der Waals surface area contributed by atoms with E-state index in [0.717, 1.165) is 10.0 Å². The van der Waals surface area contributed by atoms with Crippen LogP contribution in [0.4, 0.5) is 0 Å². The molecular formula is C15H20BrIN6. The molecule has 4 N–H and O–H groups in total. The summed E-state index contributed by atoms with van der Waals surface area (Å²) in [6.07, 6.45) is 4.88. The number of hydrogen-bond acceptors (Lipinski definition) is 3. The van der Waals surface area contributed by atoms with Crippen molar-refractivity contribution in [2.75, 3.05) is 0 Å². The van der Waals surface area contributed by atoms with Crippen molar-refractivity contribution in [3.05, 3.63) is 34.6 Å². The third kappa shape index (κ3) is 5.17. The number of nitrogens with two attached hydrogens (primary N) is 1. The van der Waals surface area contributed by atoms with Crippen LogP contribution in [-0.2, 0) is 6.54 Å². The molecule has 0 saturated heterocycles. The first kappa shape index (κ1) is 18.2. The Morgan fingerprint density at radius 1 is 1.30 bits per heavy atom. The lowest BCUT2D eigenvalue weighted by Gasteiger charge is -2.11. The molecule has 0 amide bonds. The smallest absolute Gasteiger partial charge is 0.189 e. The molecule has 8 heteroatoms. The highest BCUT2D eigenvalue weighted by Crippen LogP contribution is 2.18. The lowest BCUT2D eigenvalue weighted by Crippen LogP contribution is -2.38. The van der Waals surface area contributed by atoms with Gasteiger partial charge in [-0.1, -0.05) is 40.9 Å². The largest absolute Gasteiger partial charge is 0.370 e. The Kier molecular flexibility index (Phi) is 6.82. The highest BCUT2D eigenvalue weighted by molar-refractivity contribution is 14.0. The number of nitrogens with one attached hydrogen (secondary N) is 2. The quantitative estimate of drug-likeness (QED) is 0.348. The zero-order valence-electron chi connectivity index (χ0n) is 12.6. The molecule has 0 bridgehead atoms. The van der Waals surface area contributed by atoms with Crippen LogP contribution in [0.25, 0.3) is 11.4 Å². The second-order valence-corrected chi connectivity index (χ2v) is 6.36. The van der Waals surface area contributed by atoms with Crippen molar-refractivity contribution in [3.8, 4) is 11.4 Å². The Labute approximate surface area is 160 Å². The molecule has 0 radical (unpaired) electrons. The first-order valence-corrected chi connectivity index (χ1v) is 8.24. The van der Waals surface area contributed by atoms with E-state index in [2.05, 4.69) is 41.4 Å². The second kappa shape index (κ2) is 8.62. The van der Waals surface area contributed by atoms with Crippen LogP contribution in [-0.4, -0.2) is 27.2 Å². The number of guanidine groups is 1. The number of nitrogens with zero attached hydrogens (tertiary/aromatic N) is 3. The first-order valence-electron chi connectivity index (χ1n) is 7.44. The summed E-state index contributed by atoms with van der Waals surface area (Å²) >= 11 is 3.41. The molecule has 0 atom stereocenters. The van der Waals surface area contributed by atoms with Crippen LogP contribution in [0, 0.1) is 0 Å². The fourth-order valence-electron chi connectivity index (χ4n) is 2.58. The number of rotatable bonds is 4. The van der Waals surface area contributed by atoms with Crippen molar-refractivity contribution in [2.24, 2.45) is 10.7 Å². The predicted octanol–water partition coefficient (Wildman–Crippen LogP) is 3.20. The molecule has 2 aromatic rings. The average molecular weight is 491 g/mol. The van der Waals surface area contributed by atoms with Crippen LogP contribution in [0.15, 0.2) is 33.7 Å². The van der Waals surface area contributed by atoms with Crippen molar-refractivity contribution in [2.45, 2.75) is 38.3 Å². The van der Waals surface area contributed by atoms with E-state index >= 15 is 0 Å². The molecule has 1 fully saturated rings. The number of H-pyrrole nitrogens is 1. The van der Waals surface area contributed by atoms with Gasteiger partial charge in [0, 0.05) is 16.1 Å². The van der Waals surface area contributed by atoms with Gasteiger partial charge in [0.05, 0.1) is 0 Å². The Hall–Kier alpha value is -1.16. The SMILES string of the molecule is I.NC(=NCc1nc(-c2ccc(Br)cc2)n[nH]1)NC1CCCC1. The number of benzene rings is 1. The van der Waals surface area contributed by atoms with Crippen LogP contribution in [0.3, 0.4) is 0 Å². The number of aromatic nitrogens is 3. The molecule has 0 aliphatic heterocycles. The van der Waals surface area contributed by atoms with E-state index in [0.29, 0.717) is 30.2 Å². The normalized spacial score (nSPS) is 15.4. The summed E-state index contributed by atoms with van der Waals surface area (Å²) in [5.41, 5.74) is 6.87. The molecule has 1 aliphatic carbocycles. The molecule has 1 aliphatic rings. The van der Waals surface area contributed by atoms with Crippen LogP contribution >= 0.6 is 39.9 Å². The van der Waals surface area contributed by atoms with Gasteiger partial charge in [-0.3, -0.25) is 5.10 Å². The van der Waals surface area contributed by atoms with E-state index in [-0.39, 0.29) is 24.0 Å². The van der Waals surface area contributed by atoms with E-state index in [1.807, 2.05) is 24.3 Å². The molecule has 1 aromatic heterocycles. The second-order valence-electron chi connectivity index (χ2n) is 5.44. The summed E-state index contributed by atoms with van der Waals surface area (Å²) in [7, 11) is 0. The van der Waals surface area contributed by atoms with Crippen molar-refractivity contribution >= 4 is 45.9 Å². The Bertz CT molecular complexity index is 648. The van der Waals surface area contributed by atoms with Gasteiger partial charge in [0.2, 0.25) is 0 Å². The van der Waals surface area contributed by atoms with Crippen LogP contribution in [0.2, 0.25) is 0 Å². The monoisotopic (exact) mass is 490 g/mol. The predicted molar refractivity (Wildman–Crippen MR) is 106 cm³/mol. The maximum absolute atomic E-state index is 5.91. The van der Waals surface area contributed by atoms with Gasteiger partial charge in [-0.15, -0.1) is 24.0 Å². The molecule has 0 spiro atoms. The van der Waals surface area contributed by atoms with E-state index in [1.165, 1.54) is 25.7 Å². The van der Waals surface area contributed by atoms with Gasteiger partial charge in [-0.05, 0) is 25.0 Å². The van der Waals surface area contributed by atoms with Crippen molar-refractivity contribution in [1.82, 2.24) is 20.5 Å². The van der Waals surface area contributed by atoms with Gasteiger partial charge in [0.15, 0.2) is 11.8 Å². The standard InChI is InChI=1S/C15H19BrN6.HI/c16-11-7-5-10(6-8-11)14-20-13(21-22-14)9-18-15(17)19-12-3-1-2-4-12;/h5-8,12H,1-4,9H2,(H3,17,18,19)(H,20,21,22);1H. The topological polar surface area (TPSA) is 92.0 Å². The highest BCUT2D eigenvalue weighted by Gasteiger charge is 2.14. The van der Waals surface area contributed by atoms with Gasteiger partial charge < -0.3 is 11.1 Å². The van der Waals surface area contributed by atoms with Crippen LogP contribution in [0.1, 0.15) is 31.5 Å². The highest BCUT2D eigenvalue weighted by atomic mass is 127. The lowest BCUT2D eigenvalue weighted by molar-refractivity contribution is 0.625. The molecule has 23 heavy (non-hydrogen) atoms. The van der Waals surface area contributed by atoms with Gasteiger partial charge in [-0.2, -0.15) is 5.10 Å². The summed E-state index contributed by atoms with van der Waals surface area (Å²) in [6.45, 7) is 0.398. The summed E-state index contributed by atoms with van der Waals surface area (Å²) in [5.74, 6) is 1.85. The van der Waals surface area contributed by atoms with Crippen LogP contribution in [0.5, 0.6) is 0 Å². The molecule has 124 valence electrons. The molecule has 1 aromatic carbocycles. The average Bonchev–Trinajstić information content (AvgIpc) is 3.17. The molecule has 3 rings (SSSR count). The molecule has 1 saturated carbocycles. The Balaban J connectivity index is 0.00000192. The summed E-state index contributed by atoms with van der Waals surface area (Å²) < 4.78 is 1.03. The fraction of sp³-hybridized carbons (Fsp3) is 0.400. The van der Waals surface area contributed by atoms with E-state index in [9.17, 15) is 0 Å². The van der Waals surface area contributed by atoms with Crippen molar-refractivity contribution in [1.29, 1.82) is 0 Å². The van der Waals surface area contributed by atoms with E-state index in [1.54, 1.807) is 0 Å². The number of hydrogen-bond donors (Lipinski definition) is 3. The van der Waals surface area contributed by atoms with E-state index < -0.39 is 0 Å². The Morgan fingerprint density at radius 2 is 2.00 bits per heavy atom. The summed E-state index contributed by atoms with van der Waals surface area (Å²) in [6, 6.07) is 8.34. The summed E-state index contributed by atoms with van der Waals surface area (Å²) in [4.78, 5) is 8.76. The zero-order chi connectivity index (χ0) is 15.4. The minimum Gasteiger partial charge on any atom is -0.370 e. The van der Waals surface area contributed by atoms with Crippen molar-refractivity contribution in [3.63, 3.8) is 0 Å². The number of aliphatic imine (C=N–C) groups is 1. The zero-order valence-corrected chi connectivity index (χ0v) is 16.5. The third-order valence-corrected chi connectivity index (χ3v) is 4.27. The van der Waals surface area contributed by atoms with E-state index in [4.69, 9.17) is 5.73 Å². The van der Waals surface area contributed by atoms with Crippen molar-refractivity contribution < 1.29 is 0 Å². The van der Waals surface area contributed by atoms with Gasteiger partial charge >= 0.3 is 0 Å². The minimum atomic E-state index is 0. The fourth-order valence-corrected chi connectivity index (χ4v) is 2.84. The summed E-state index contributed by atoms with van der Waals surface area (Å²) in [5, 5.41) is 10.4. The maximum atomic E-state index is 5.91. The van der Waals surface area contributed by atoms with Crippen LogP contribution < -0.4 is 11.1 Å². The van der Waals surface area contributed by atoms with Gasteiger partial charge in [0.25, 0.3) is 0 Å². The number of halogens is 2.